The number of nitrogens with one attached hydrogen (secondary N) is 2. The number of phenols is 1. The third-order valence-electron chi connectivity index (χ3n) is 6.56. The van der Waals surface area contributed by atoms with E-state index in [0.29, 0.717) is 24.9 Å². The molecule has 8 nitrogen and oxygen atoms in total. The van der Waals surface area contributed by atoms with Crippen LogP contribution in [0.1, 0.15) is 42.9 Å². The SMILES string of the molecule is NCCCC[C@@H]1NC(=O)[C@@H]2C[C@H](C(=O)NCc3ccc(F)cc3)[C@H](c3ccc(O)cc3)N2C1=O. The van der Waals surface area contributed by atoms with Crippen molar-refractivity contribution in [3.63, 3.8) is 0 Å². The summed E-state index contributed by atoms with van der Waals surface area (Å²) < 4.78 is 13.2. The van der Waals surface area contributed by atoms with Gasteiger partial charge < -0.3 is 26.4 Å². The summed E-state index contributed by atoms with van der Waals surface area (Å²) in [6.45, 7) is 0.706. The number of rotatable bonds is 8. The Hall–Kier alpha value is -3.46. The molecule has 0 aliphatic carbocycles. The fourth-order valence-corrected chi connectivity index (χ4v) is 4.83. The number of carbonyl (C=O) groups excluding carboxylic acids is 3. The van der Waals surface area contributed by atoms with E-state index in [9.17, 15) is 23.9 Å². The smallest absolute Gasteiger partial charge is 0.246 e. The molecule has 0 saturated carbocycles. The van der Waals surface area contributed by atoms with Gasteiger partial charge in [-0.1, -0.05) is 24.3 Å². The molecule has 2 aliphatic heterocycles. The van der Waals surface area contributed by atoms with Crippen LogP contribution >= 0.6 is 0 Å². The quantitative estimate of drug-likeness (QED) is 0.439. The highest BCUT2D eigenvalue weighted by molar-refractivity contribution is 5.99. The second-order valence-electron chi connectivity index (χ2n) is 8.83. The van der Waals surface area contributed by atoms with Gasteiger partial charge in [0.1, 0.15) is 23.7 Å². The van der Waals surface area contributed by atoms with E-state index in [1.165, 1.54) is 24.3 Å². The Labute approximate surface area is 197 Å². The number of aromatic hydroxyl groups is 1. The molecule has 2 fully saturated rings. The lowest BCUT2D eigenvalue weighted by atomic mass is 9.92. The molecule has 180 valence electrons. The monoisotopic (exact) mass is 468 g/mol. The summed E-state index contributed by atoms with van der Waals surface area (Å²) >= 11 is 0. The fourth-order valence-electron chi connectivity index (χ4n) is 4.83. The molecular weight excluding hydrogens is 439 g/mol. The Morgan fingerprint density at radius 2 is 1.82 bits per heavy atom. The minimum absolute atomic E-state index is 0.0676. The van der Waals surface area contributed by atoms with Gasteiger partial charge in [0.15, 0.2) is 0 Å². The Kier molecular flexibility index (Phi) is 7.12. The molecule has 4 rings (SSSR count). The molecule has 0 spiro atoms. The number of nitrogens with zero attached hydrogens (tertiary/aromatic N) is 1. The zero-order chi connectivity index (χ0) is 24.2. The summed E-state index contributed by atoms with van der Waals surface area (Å²) in [6, 6.07) is 10.1. The van der Waals surface area contributed by atoms with E-state index in [1.54, 1.807) is 29.2 Å². The molecule has 2 heterocycles. The number of hydrogen-bond acceptors (Lipinski definition) is 5. The zero-order valence-electron chi connectivity index (χ0n) is 18.7. The van der Waals surface area contributed by atoms with Gasteiger partial charge in [0.05, 0.1) is 12.0 Å². The molecule has 5 N–H and O–H groups in total. The highest BCUT2D eigenvalue weighted by atomic mass is 19.1. The van der Waals surface area contributed by atoms with Crippen LogP contribution < -0.4 is 16.4 Å². The highest BCUT2D eigenvalue weighted by Crippen LogP contribution is 2.43. The minimum atomic E-state index is -0.751. The predicted octanol–water partition coefficient (Wildman–Crippen LogP) is 1.73. The summed E-state index contributed by atoms with van der Waals surface area (Å²) in [4.78, 5) is 41.2. The molecule has 2 aromatic carbocycles. The molecule has 9 heteroatoms. The third kappa shape index (κ3) is 4.89. The van der Waals surface area contributed by atoms with Crippen LogP contribution in [0.15, 0.2) is 48.5 Å². The number of phenolic OH excluding ortho intramolecular Hbond substituents is 1. The molecule has 2 saturated heterocycles. The van der Waals surface area contributed by atoms with Crippen molar-refractivity contribution in [3.8, 4) is 5.75 Å². The van der Waals surface area contributed by atoms with Crippen LogP contribution in [0, 0.1) is 11.7 Å². The van der Waals surface area contributed by atoms with Crippen molar-refractivity contribution < 1.29 is 23.9 Å². The van der Waals surface area contributed by atoms with E-state index in [1.807, 2.05) is 0 Å². The Morgan fingerprint density at radius 1 is 1.12 bits per heavy atom. The van der Waals surface area contributed by atoms with E-state index in [2.05, 4.69) is 10.6 Å². The normalized spacial score (nSPS) is 24.0. The first kappa shape index (κ1) is 23.7. The standard InChI is InChI=1S/C25H29FN4O4/c26-17-8-4-15(5-9-17)14-28-23(32)19-13-21-24(33)29-20(3-1-2-12-27)25(34)30(21)22(19)16-6-10-18(31)11-7-16/h4-11,19-22,31H,1-3,12-14,27H2,(H,28,32)(H,29,33)/t19-,20-,21-,22-/m0/s1. The number of benzene rings is 2. The van der Waals surface area contributed by atoms with Gasteiger partial charge in [-0.25, -0.2) is 4.39 Å². The Morgan fingerprint density at radius 3 is 2.50 bits per heavy atom. The van der Waals surface area contributed by atoms with Crippen LogP contribution in [0.5, 0.6) is 5.75 Å². The van der Waals surface area contributed by atoms with Crippen molar-refractivity contribution in [2.45, 2.75) is 50.4 Å². The molecule has 2 aromatic rings. The second kappa shape index (κ2) is 10.2. The first-order valence-corrected chi connectivity index (χ1v) is 11.5. The van der Waals surface area contributed by atoms with Gasteiger partial charge >= 0.3 is 0 Å². The van der Waals surface area contributed by atoms with E-state index in [4.69, 9.17) is 5.73 Å². The lowest BCUT2D eigenvalue weighted by Gasteiger charge is -2.38. The van der Waals surface area contributed by atoms with Gasteiger partial charge in [-0.2, -0.15) is 0 Å². The van der Waals surface area contributed by atoms with Crippen LogP contribution in [0.3, 0.4) is 0 Å². The average molecular weight is 469 g/mol. The molecule has 0 radical (unpaired) electrons. The molecule has 0 bridgehead atoms. The van der Waals surface area contributed by atoms with Crippen LogP contribution in [0.2, 0.25) is 0 Å². The van der Waals surface area contributed by atoms with Crippen molar-refractivity contribution in [1.29, 1.82) is 0 Å². The molecule has 3 amide bonds. The number of halogens is 1. The van der Waals surface area contributed by atoms with E-state index in [0.717, 1.165) is 12.0 Å². The van der Waals surface area contributed by atoms with E-state index >= 15 is 0 Å². The number of nitrogens with two attached hydrogens (primary N) is 1. The predicted molar refractivity (Wildman–Crippen MR) is 123 cm³/mol. The molecule has 0 unspecified atom stereocenters. The lowest BCUT2D eigenvalue weighted by Crippen LogP contribution is -2.61. The van der Waals surface area contributed by atoms with Crippen molar-refractivity contribution >= 4 is 17.7 Å². The maximum atomic E-state index is 13.4. The summed E-state index contributed by atoms with van der Waals surface area (Å²) in [7, 11) is 0. The Bertz CT molecular complexity index is 1040. The topological polar surface area (TPSA) is 125 Å². The van der Waals surface area contributed by atoms with Crippen LogP contribution in [-0.4, -0.2) is 46.4 Å². The average Bonchev–Trinajstić information content (AvgIpc) is 3.24. The van der Waals surface area contributed by atoms with Gasteiger partial charge in [0, 0.05) is 6.54 Å². The van der Waals surface area contributed by atoms with Crippen molar-refractivity contribution in [2.75, 3.05) is 6.54 Å². The van der Waals surface area contributed by atoms with Crippen molar-refractivity contribution in [2.24, 2.45) is 11.7 Å². The summed E-state index contributed by atoms with van der Waals surface area (Å²) in [5.41, 5.74) is 6.97. The molecule has 4 atom stereocenters. The first-order valence-electron chi connectivity index (χ1n) is 11.5. The highest BCUT2D eigenvalue weighted by Gasteiger charge is 2.54. The van der Waals surface area contributed by atoms with Crippen LogP contribution in [0.25, 0.3) is 0 Å². The fraction of sp³-hybridized carbons (Fsp3) is 0.400. The van der Waals surface area contributed by atoms with Gasteiger partial charge in [0.2, 0.25) is 17.7 Å². The van der Waals surface area contributed by atoms with Crippen LogP contribution in [-0.2, 0) is 20.9 Å². The number of amides is 3. The Balaban J connectivity index is 1.59. The molecule has 0 aromatic heterocycles. The number of unbranched alkanes of at least 4 members (excludes halogenated alkanes) is 1. The van der Waals surface area contributed by atoms with Crippen molar-refractivity contribution in [1.82, 2.24) is 15.5 Å². The zero-order valence-corrected chi connectivity index (χ0v) is 18.7. The summed E-state index contributed by atoms with van der Waals surface area (Å²) in [6.07, 6.45) is 2.12. The molecular formula is C25H29FN4O4. The maximum absolute atomic E-state index is 13.4. The second-order valence-corrected chi connectivity index (χ2v) is 8.83. The molecule has 34 heavy (non-hydrogen) atoms. The lowest BCUT2D eigenvalue weighted by molar-refractivity contribution is -0.149. The number of fused-ring (bicyclic) bond motifs is 1. The van der Waals surface area contributed by atoms with Gasteiger partial charge in [-0.15, -0.1) is 0 Å². The number of carbonyl (C=O) groups is 3. The van der Waals surface area contributed by atoms with Crippen LogP contribution in [0.4, 0.5) is 4.39 Å². The number of hydrogen-bond donors (Lipinski definition) is 4. The first-order chi connectivity index (χ1) is 16.4. The van der Waals surface area contributed by atoms with Gasteiger partial charge in [0.25, 0.3) is 0 Å². The molecule has 2 aliphatic rings. The number of piperazine rings is 1. The van der Waals surface area contributed by atoms with Gasteiger partial charge in [-0.3, -0.25) is 14.4 Å². The van der Waals surface area contributed by atoms with E-state index in [-0.39, 0.29) is 42.3 Å². The largest absolute Gasteiger partial charge is 0.508 e. The van der Waals surface area contributed by atoms with E-state index < -0.39 is 24.0 Å². The van der Waals surface area contributed by atoms with Crippen molar-refractivity contribution in [3.05, 3.63) is 65.5 Å². The summed E-state index contributed by atoms with van der Waals surface area (Å²) in [5.74, 6) is -1.73. The summed E-state index contributed by atoms with van der Waals surface area (Å²) in [5, 5.41) is 15.4. The maximum Gasteiger partial charge on any atom is 0.246 e. The minimum Gasteiger partial charge on any atom is -0.508 e. The third-order valence-corrected chi connectivity index (χ3v) is 6.56. The van der Waals surface area contributed by atoms with Gasteiger partial charge in [-0.05, 0) is 67.6 Å².